The first-order valence-corrected chi connectivity index (χ1v) is 26.9. The lowest BCUT2D eigenvalue weighted by molar-refractivity contribution is -0.137. The summed E-state index contributed by atoms with van der Waals surface area (Å²) in [5, 5.41) is 11.7. The monoisotopic (exact) mass is 1050 g/mol. The number of hydrogen-bond donors (Lipinski definition) is 4. The van der Waals surface area contributed by atoms with Crippen LogP contribution in [0.1, 0.15) is 115 Å². The van der Waals surface area contributed by atoms with Crippen molar-refractivity contribution in [2.24, 2.45) is 5.92 Å². The minimum atomic E-state index is -4.64. The number of anilines is 2. The zero-order chi connectivity index (χ0) is 53.2. The lowest BCUT2D eigenvalue weighted by atomic mass is 9.74. The van der Waals surface area contributed by atoms with Crippen LogP contribution in [0.25, 0.3) is 6.08 Å². The predicted molar refractivity (Wildman–Crippen MR) is 289 cm³/mol. The fraction of sp³-hybridized carbons (Fsp3) is 0.483. The van der Waals surface area contributed by atoms with Gasteiger partial charge in [-0.1, -0.05) is 72.8 Å². The number of ether oxygens (including phenoxy) is 1. The van der Waals surface area contributed by atoms with Crippen LogP contribution in [-0.4, -0.2) is 128 Å². The van der Waals surface area contributed by atoms with Gasteiger partial charge < -0.3 is 40.7 Å². The van der Waals surface area contributed by atoms with Crippen molar-refractivity contribution in [3.05, 3.63) is 130 Å². The van der Waals surface area contributed by atoms with E-state index in [9.17, 15) is 32.3 Å². The van der Waals surface area contributed by atoms with Crippen LogP contribution in [0.4, 0.5) is 34.1 Å². The average molecular weight is 1050 g/mol. The highest BCUT2D eigenvalue weighted by atomic mass is 35.5. The second kappa shape index (κ2) is 24.7. The molecular weight excluding hydrogens is 981 g/mol. The number of likely N-dealkylation sites (N-methyl/N-ethyl adjacent to an activating group) is 2. The maximum atomic E-state index is 13.6. The molecule has 17 heteroatoms. The molecule has 2 heterocycles. The van der Waals surface area contributed by atoms with Crippen molar-refractivity contribution in [3.8, 4) is 5.75 Å². The second-order valence-corrected chi connectivity index (χ2v) is 21.7. The molecule has 0 unspecified atom stereocenters. The van der Waals surface area contributed by atoms with Crippen molar-refractivity contribution >= 4 is 52.9 Å². The molecule has 2 aliphatic carbocycles. The van der Waals surface area contributed by atoms with Gasteiger partial charge in [0.15, 0.2) is 0 Å². The number of benzene rings is 4. The Bertz CT molecular complexity index is 2600. The molecule has 2 saturated carbocycles. The standard InChI is InChI=1S/C58H72ClF3N8O5/c1-67(2)56(39-63-53(72)45-16-19-48(20-17-45)75-49-26-34-70(35-27-49)55(74)66-47-18-21-51(59)50(37-47)58(60,61)62)30-22-43(23-31-56)38-68(3)57(28-8-5-9-29-57)40-64-52(71)44-14-12-41(13-15-44)36-42-24-32-69(33-25-42)54(73)65-46-10-6-4-7-11-46/h4,6-7,10-21,36-37,43,49H,5,8-9,22-35,38-40H2,1-3H3,(H,63,72)(H,64,71)(H,65,73)(H,66,74). The number of likely N-dealkylation sites (tertiary alicyclic amines) is 2. The van der Waals surface area contributed by atoms with Gasteiger partial charge in [-0.15, -0.1) is 0 Å². The molecule has 4 N–H and O–H groups in total. The molecule has 4 aromatic rings. The van der Waals surface area contributed by atoms with E-state index in [1.807, 2.05) is 59.5 Å². The third-order valence-electron chi connectivity index (χ3n) is 16.2. The van der Waals surface area contributed by atoms with Gasteiger partial charge in [-0.3, -0.25) is 14.5 Å². The number of amides is 6. The summed E-state index contributed by atoms with van der Waals surface area (Å²) in [5.74, 6) is 0.895. The maximum Gasteiger partial charge on any atom is 0.417 e. The van der Waals surface area contributed by atoms with Crippen LogP contribution in [0.2, 0.25) is 5.02 Å². The Kier molecular flexibility index (Phi) is 18.2. The topological polar surface area (TPSA) is 139 Å². The largest absolute Gasteiger partial charge is 0.490 e. The van der Waals surface area contributed by atoms with Crippen molar-refractivity contribution in [3.63, 3.8) is 0 Å². The molecule has 2 aliphatic heterocycles. The quantitative estimate of drug-likeness (QED) is 0.0930. The van der Waals surface area contributed by atoms with Crippen molar-refractivity contribution in [2.45, 2.75) is 107 Å². The summed E-state index contributed by atoms with van der Waals surface area (Å²) in [6.07, 6.45) is 9.60. The summed E-state index contributed by atoms with van der Waals surface area (Å²) in [6, 6.07) is 27.1. The number of halogens is 4. The van der Waals surface area contributed by atoms with Gasteiger partial charge in [-0.25, -0.2) is 9.59 Å². The molecule has 4 fully saturated rings. The number of alkyl halides is 3. The molecule has 0 spiro atoms. The molecule has 0 aromatic heterocycles. The Labute approximate surface area is 444 Å². The molecule has 0 bridgehead atoms. The van der Waals surface area contributed by atoms with Crippen molar-refractivity contribution in [2.75, 3.05) is 77.6 Å². The minimum absolute atomic E-state index is 0.0127. The molecule has 8 rings (SSSR count). The van der Waals surface area contributed by atoms with E-state index >= 15 is 0 Å². The molecule has 13 nitrogen and oxygen atoms in total. The summed E-state index contributed by atoms with van der Waals surface area (Å²) in [6.45, 7) is 4.12. The van der Waals surface area contributed by atoms with E-state index in [1.54, 1.807) is 29.2 Å². The molecule has 4 aliphatic rings. The second-order valence-electron chi connectivity index (χ2n) is 21.3. The predicted octanol–water partition coefficient (Wildman–Crippen LogP) is 11.4. The van der Waals surface area contributed by atoms with E-state index in [0.29, 0.717) is 74.9 Å². The fourth-order valence-corrected chi connectivity index (χ4v) is 11.5. The van der Waals surface area contributed by atoms with Gasteiger partial charge in [0.2, 0.25) is 0 Å². The van der Waals surface area contributed by atoms with E-state index in [-0.39, 0.29) is 40.7 Å². The highest BCUT2D eigenvalue weighted by Crippen LogP contribution is 2.40. The molecule has 75 heavy (non-hydrogen) atoms. The Balaban J connectivity index is 0.758. The smallest absolute Gasteiger partial charge is 0.417 e. The number of urea groups is 2. The van der Waals surface area contributed by atoms with Crippen molar-refractivity contribution in [1.82, 2.24) is 30.2 Å². The summed E-state index contributed by atoms with van der Waals surface area (Å²) in [7, 11) is 6.43. The number of hydrogen-bond acceptors (Lipinski definition) is 7. The van der Waals surface area contributed by atoms with E-state index in [2.05, 4.69) is 58.3 Å². The van der Waals surface area contributed by atoms with Crippen LogP contribution in [0, 0.1) is 5.92 Å². The lowest BCUT2D eigenvalue weighted by Crippen LogP contribution is -2.58. The zero-order valence-corrected chi connectivity index (χ0v) is 44.2. The van der Waals surface area contributed by atoms with Gasteiger partial charge in [-0.2, -0.15) is 13.2 Å². The molecule has 4 aromatic carbocycles. The normalized spacial score (nSPS) is 20.3. The van der Waals surface area contributed by atoms with E-state index < -0.39 is 22.8 Å². The van der Waals surface area contributed by atoms with E-state index in [1.165, 1.54) is 18.1 Å². The lowest BCUT2D eigenvalue weighted by Gasteiger charge is -2.49. The van der Waals surface area contributed by atoms with Crippen LogP contribution in [-0.2, 0) is 6.18 Å². The van der Waals surface area contributed by atoms with E-state index in [0.717, 1.165) is 94.1 Å². The molecule has 0 atom stereocenters. The van der Waals surface area contributed by atoms with Crippen LogP contribution >= 0.6 is 11.6 Å². The van der Waals surface area contributed by atoms with Crippen molar-refractivity contribution in [1.29, 1.82) is 0 Å². The van der Waals surface area contributed by atoms with Gasteiger partial charge >= 0.3 is 18.2 Å². The Morgan fingerprint density at radius 3 is 1.83 bits per heavy atom. The fourth-order valence-electron chi connectivity index (χ4n) is 11.3. The molecule has 2 saturated heterocycles. The summed E-state index contributed by atoms with van der Waals surface area (Å²) in [5.41, 5.74) is 3.03. The Hall–Kier alpha value is -6.10. The average Bonchev–Trinajstić information content (AvgIpc) is 3.41. The zero-order valence-electron chi connectivity index (χ0n) is 43.5. The van der Waals surface area contributed by atoms with Crippen LogP contribution < -0.4 is 26.0 Å². The van der Waals surface area contributed by atoms with Crippen LogP contribution in [0.15, 0.2) is 103 Å². The number of para-hydroxylation sites is 1. The first kappa shape index (κ1) is 55.1. The van der Waals surface area contributed by atoms with Gasteiger partial charge in [0.25, 0.3) is 11.8 Å². The highest BCUT2D eigenvalue weighted by Gasteiger charge is 2.41. The molecule has 402 valence electrons. The SMILES string of the molecule is CN(C)C1(CNC(=O)c2ccc(OC3CCN(C(=O)Nc4ccc(Cl)c(C(F)(F)F)c4)CC3)cc2)CCC(CN(C)C2(CNC(=O)c3ccc(C=C4CCN(C(=O)Nc5ccccc5)CC4)cc3)CCCCC2)CC1. The van der Waals surface area contributed by atoms with Gasteiger partial charge in [0, 0.05) is 92.2 Å². The molecule has 6 amide bonds. The number of nitrogens with zero attached hydrogens (tertiary/aromatic N) is 4. The number of carbonyl (C=O) groups excluding carboxylic acids is 4. The number of rotatable bonds is 15. The third kappa shape index (κ3) is 14.4. The number of piperidine rings is 2. The molecule has 0 radical (unpaired) electrons. The van der Waals surface area contributed by atoms with Gasteiger partial charge in [0.05, 0.1) is 10.6 Å². The Morgan fingerprint density at radius 1 is 0.680 bits per heavy atom. The minimum Gasteiger partial charge on any atom is -0.490 e. The highest BCUT2D eigenvalue weighted by molar-refractivity contribution is 6.31. The first-order chi connectivity index (χ1) is 36.0. The number of carbonyl (C=O) groups is 4. The van der Waals surface area contributed by atoms with Crippen molar-refractivity contribution < 1.29 is 37.1 Å². The number of nitrogens with one attached hydrogen (secondary N) is 4. The maximum absolute atomic E-state index is 13.6. The Morgan fingerprint density at radius 2 is 1.24 bits per heavy atom. The first-order valence-electron chi connectivity index (χ1n) is 26.5. The van der Waals surface area contributed by atoms with Gasteiger partial charge in [-0.05, 0) is 151 Å². The summed E-state index contributed by atoms with van der Waals surface area (Å²) >= 11 is 5.73. The van der Waals surface area contributed by atoms with Gasteiger partial charge in [0.1, 0.15) is 11.9 Å². The van der Waals surface area contributed by atoms with Crippen LogP contribution in [0.5, 0.6) is 5.75 Å². The van der Waals surface area contributed by atoms with Crippen LogP contribution in [0.3, 0.4) is 0 Å². The summed E-state index contributed by atoms with van der Waals surface area (Å²) < 4.78 is 46.1. The third-order valence-corrected chi connectivity index (χ3v) is 16.5. The summed E-state index contributed by atoms with van der Waals surface area (Å²) in [4.78, 5) is 61.0. The molecular formula is C58H72ClF3N8O5. The van der Waals surface area contributed by atoms with E-state index in [4.69, 9.17) is 16.3 Å².